The van der Waals surface area contributed by atoms with Gasteiger partial charge in [0.05, 0.1) is 5.92 Å². The van der Waals surface area contributed by atoms with Crippen LogP contribution in [0, 0.1) is 5.92 Å². The van der Waals surface area contributed by atoms with E-state index >= 15 is 0 Å². The highest BCUT2D eigenvalue weighted by molar-refractivity contribution is 6.00. The van der Waals surface area contributed by atoms with Crippen LogP contribution >= 0.6 is 0 Å². The Morgan fingerprint density at radius 2 is 2.00 bits per heavy atom. The van der Waals surface area contributed by atoms with Crippen molar-refractivity contribution >= 4 is 17.7 Å². The van der Waals surface area contributed by atoms with Crippen LogP contribution in [0.2, 0.25) is 0 Å². The van der Waals surface area contributed by atoms with E-state index in [4.69, 9.17) is 9.47 Å². The molecule has 1 heterocycles. The lowest BCUT2D eigenvalue weighted by molar-refractivity contribution is -0.150. The van der Waals surface area contributed by atoms with E-state index < -0.39 is 36.2 Å². The molecule has 0 aromatic heterocycles. The highest BCUT2D eigenvalue weighted by atomic mass is 16.6. The second-order valence-electron chi connectivity index (χ2n) is 6.77. The number of rotatable bonds is 2. The minimum atomic E-state index is -1.19. The second-order valence-corrected chi connectivity index (χ2v) is 6.77. The minimum Gasteiger partial charge on any atom is -0.458 e. The Hall–Kier alpha value is -2.47. The van der Waals surface area contributed by atoms with Gasteiger partial charge >= 0.3 is 11.9 Å². The number of hydrogen-bond acceptors (Lipinski definition) is 6. The highest BCUT2D eigenvalue weighted by Crippen LogP contribution is 2.37. The first-order valence-electron chi connectivity index (χ1n) is 8.46. The third kappa shape index (κ3) is 4.02. The fourth-order valence-electron chi connectivity index (χ4n) is 3.12. The summed E-state index contributed by atoms with van der Waals surface area (Å²) < 4.78 is 10.9. The van der Waals surface area contributed by atoms with Crippen LogP contribution in [0.15, 0.2) is 47.1 Å². The molecule has 2 aliphatic rings. The summed E-state index contributed by atoms with van der Waals surface area (Å²) in [5.41, 5.74) is 1.63. The first kappa shape index (κ1) is 19.8. The van der Waals surface area contributed by atoms with Crippen LogP contribution in [0.25, 0.3) is 0 Å². The number of aliphatic hydroxyl groups is 1. The largest absolute Gasteiger partial charge is 0.458 e. The normalized spacial score (nSPS) is 34.2. The number of ketones is 1. The van der Waals surface area contributed by atoms with Gasteiger partial charge in [-0.15, -0.1) is 0 Å². The first-order valence-corrected chi connectivity index (χ1v) is 8.46. The van der Waals surface area contributed by atoms with Gasteiger partial charge in [0.15, 0.2) is 5.78 Å². The Labute approximate surface area is 152 Å². The zero-order valence-corrected chi connectivity index (χ0v) is 15.4. The third-order valence-electron chi connectivity index (χ3n) is 4.74. The van der Waals surface area contributed by atoms with Gasteiger partial charge in [0.25, 0.3) is 0 Å². The Morgan fingerprint density at radius 1 is 1.35 bits per heavy atom. The molecule has 1 fully saturated rings. The Kier molecular flexibility index (Phi) is 5.97. The van der Waals surface area contributed by atoms with Crippen LogP contribution in [0.1, 0.15) is 34.1 Å². The summed E-state index contributed by atoms with van der Waals surface area (Å²) in [5.74, 6) is -2.15. The molecule has 2 rings (SSSR count). The molecule has 1 saturated heterocycles. The molecule has 4 atom stereocenters. The van der Waals surface area contributed by atoms with E-state index in [1.165, 1.54) is 12.2 Å². The SMILES string of the molecule is C=C1C(=O)O[C@@H]2[C@H]1[C@H](OC(=O)/C(C)=C/C)C/C(C)=C/C(=O)/C=C(/C)[C@@H]2O. The molecule has 0 saturated carbocycles. The molecule has 0 amide bonds. The van der Waals surface area contributed by atoms with Crippen molar-refractivity contribution in [1.82, 2.24) is 0 Å². The van der Waals surface area contributed by atoms with E-state index in [0.29, 0.717) is 16.7 Å². The topological polar surface area (TPSA) is 89.9 Å². The van der Waals surface area contributed by atoms with Crippen molar-refractivity contribution in [2.75, 3.05) is 0 Å². The fourth-order valence-corrected chi connectivity index (χ4v) is 3.12. The van der Waals surface area contributed by atoms with Gasteiger partial charge in [-0.3, -0.25) is 4.79 Å². The van der Waals surface area contributed by atoms with Gasteiger partial charge in [0.1, 0.15) is 18.3 Å². The van der Waals surface area contributed by atoms with Gasteiger partial charge in [-0.25, -0.2) is 9.59 Å². The smallest absolute Gasteiger partial charge is 0.334 e. The van der Waals surface area contributed by atoms with E-state index in [0.717, 1.165) is 0 Å². The molecule has 0 unspecified atom stereocenters. The maximum absolute atomic E-state index is 12.3. The van der Waals surface area contributed by atoms with Crippen molar-refractivity contribution in [2.45, 2.75) is 52.4 Å². The van der Waals surface area contributed by atoms with Gasteiger partial charge in [-0.2, -0.15) is 0 Å². The summed E-state index contributed by atoms with van der Waals surface area (Å²) >= 11 is 0. The van der Waals surface area contributed by atoms with Gasteiger partial charge in [0.2, 0.25) is 0 Å². The van der Waals surface area contributed by atoms with Crippen molar-refractivity contribution in [2.24, 2.45) is 5.92 Å². The molecule has 0 bridgehead atoms. The predicted octanol–water partition coefficient (Wildman–Crippen LogP) is 2.19. The van der Waals surface area contributed by atoms with Gasteiger partial charge in [-0.1, -0.05) is 18.2 Å². The number of hydrogen-bond donors (Lipinski definition) is 1. The zero-order valence-electron chi connectivity index (χ0n) is 15.4. The van der Waals surface area contributed by atoms with Gasteiger partial charge in [-0.05, 0) is 45.4 Å². The monoisotopic (exact) mass is 360 g/mol. The quantitative estimate of drug-likeness (QED) is 0.600. The lowest BCUT2D eigenvalue weighted by Crippen LogP contribution is -2.41. The lowest BCUT2D eigenvalue weighted by atomic mass is 9.83. The van der Waals surface area contributed by atoms with Crippen LogP contribution in [-0.2, 0) is 23.9 Å². The van der Waals surface area contributed by atoms with Crippen molar-refractivity contribution in [3.8, 4) is 0 Å². The van der Waals surface area contributed by atoms with Crippen LogP contribution in [0.3, 0.4) is 0 Å². The molecule has 26 heavy (non-hydrogen) atoms. The number of esters is 2. The molecule has 6 heteroatoms. The summed E-state index contributed by atoms with van der Waals surface area (Å²) in [6.45, 7) is 10.4. The van der Waals surface area contributed by atoms with Crippen LogP contribution in [0.4, 0.5) is 0 Å². The van der Waals surface area contributed by atoms with E-state index in [9.17, 15) is 19.5 Å². The van der Waals surface area contributed by atoms with Crippen LogP contribution in [-0.4, -0.2) is 41.1 Å². The first-order chi connectivity index (χ1) is 12.1. The summed E-state index contributed by atoms with van der Waals surface area (Å²) in [5, 5.41) is 10.6. The predicted molar refractivity (Wildman–Crippen MR) is 95.0 cm³/mol. The number of allylic oxidation sites excluding steroid dienone is 3. The maximum Gasteiger partial charge on any atom is 0.334 e. The summed E-state index contributed by atoms with van der Waals surface area (Å²) in [6.07, 6.45) is 1.66. The molecular weight excluding hydrogens is 336 g/mol. The van der Waals surface area contributed by atoms with Gasteiger partial charge in [0, 0.05) is 17.6 Å². The summed E-state index contributed by atoms with van der Waals surface area (Å²) in [7, 11) is 0. The average molecular weight is 360 g/mol. The Bertz CT molecular complexity index is 739. The van der Waals surface area contributed by atoms with Crippen LogP contribution < -0.4 is 0 Å². The van der Waals surface area contributed by atoms with Crippen molar-refractivity contribution in [3.63, 3.8) is 0 Å². The Balaban J connectivity index is 2.49. The van der Waals surface area contributed by atoms with Crippen molar-refractivity contribution < 1.29 is 29.0 Å². The number of aliphatic hydroxyl groups excluding tert-OH is 1. The number of carbonyl (C=O) groups excluding carboxylic acids is 3. The van der Waals surface area contributed by atoms with Crippen molar-refractivity contribution in [3.05, 3.63) is 47.1 Å². The second kappa shape index (κ2) is 7.83. The molecule has 1 N–H and O–H groups in total. The molecule has 0 radical (unpaired) electrons. The van der Waals surface area contributed by atoms with E-state index in [1.54, 1.807) is 33.8 Å². The highest BCUT2D eigenvalue weighted by Gasteiger charge is 2.48. The number of carbonyl (C=O) groups is 3. The Morgan fingerprint density at radius 3 is 2.62 bits per heavy atom. The molecule has 1 aliphatic heterocycles. The molecule has 1 aliphatic carbocycles. The standard InChI is InChI=1S/C20H24O6/c1-6-11(3)19(23)25-15-8-10(2)7-14(21)9-12(4)17(22)18-16(15)13(5)20(24)26-18/h6-7,9,15-18,22H,5,8H2,1-4H3/b10-7+,11-6+,12-9-/t15-,16-,17+,18-/m1/s1. The lowest BCUT2D eigenvalue weighted by Gasteiger charge is -2.30. The maximum atomic E-state index is 12.3. The third-order valence-corrected chi connectivity index (χ3v) is 4.74. The fraction of sp³-hybridized carbons (Fsp3) is 0.450. The average Bonchev–Trinajstić information content (AvgIpc) is 2.86. The molecular formula is C20H24O6. The molecule has 6 nitrogen and oxygen atoms in total. The van der Waals surface area contributed by atoms with Crippen LogP contribution in [0.5, 0.6) is 0 Å². The number of fused-ring (bicyclic) bond motifs is 1. The van der Waals surface area contributed by atoms with E-state index in [-0.39, 0.29) is 17.8 Å². The van der Waals surface area contributed by atoms with E-state index in [2.05, 4.69) is 6.58 Å². The summed E-state index contributed by atoms with van der Waals surface area (Å²) in [6, 6.07) is 0. The molecule has 0 spiro atoms. The number of ether oxygens (including phenoxy) is 2. The molecule has 0 aromatic carbocycles. The minimum absolute atomic E-state index is 0.150. The zero-order chi connectivity index (χ0) is 19.6. The van der Waals surface area contributed by atoms with Gasteiger partial charge < -0.3 is 14.6 Å². The van der Waals surface area contributed by atoms with E-state index in [1.807, 2.05) is 0 Å². The molecule has 140 valence electrons. The summed E-state index contributed by atoms with van der Waals surface area (Å²) in [4.78, 5) is 36.4. The molecule has 0 aromatic rings. The van der Waals surface area contributed by atoms with Crippen molar-refractivity contribution in [1.29, 1.82) is 0 Å².